The van der Waals surface area contributed by atoms with Crippen LogP contribution in [0, 0.1) is 0 Å². The first kappa shape index (κ1) is 22.2. The van der Waals surface area contributed by atoms with Gasteiger partial charge >= 0.3 is 0 Å². The first-order valence-electron chi connectivity index (χ1n) is 8.98. The molecule has 0 saturated carbocycles. The average Bonchev–Trinajstić information content (AvgIpc) is 3.08. The third kappa shape index (κ3) is 5.46. The van der Waals surface area contributed by atoms with E-state index < -0.39 is 16.1 Å². The summed E-state index contributed by atoms with van der Waals surface area (Å²) < 4.78 is 29.3. The highest BCUT2D eigenvalue weighted by molar-refractivity contribution is 7.91. The van der Waals surface area contributed by atoms with Gasteiger partial charge in [0.2, 0.25) is 15.9 Å². The second-order valence-corrected chi connectivity index (χ2v) is 8.58. The standard InChI is InChI=1S/C18H25N5O3S.ClH/c1-14(19)18(24)22-11-8-16(9-12-22)23-17(7-10-20-23)21-27(25,26)13-15-5-3-2-4-6-15;/h2-7,10,14,16,21H,8-9,11-13,19H2,1H3;1H/t14-;/m1./s1. The molecule has 0 bridgehead atoms. The number of hydrogen-bond acceptors (Lipinski definition) is 5. The number of nitrogens with zero attached hydrogens (tertiary/aromatic N) is 3. The van der Waals surface area contributed by atoms with Gasteiger partial charge in [-0.3, -0.25) is 9.52 Å². The first-order valence-corrected chi connectivity index (χ1v) is 10.6. The van der Waals surface area contributed by atoms with Gasteiger partial charge in [-0.05, 0) is 25.3 Å². The number of nitrogens with two attached hydrogens (primary N) is 1. The molecule has 1 aromatic heterocycles. The molecule has 3 N–H and O–H groups in total. The first-order chi connectivity index (χ1) is 12.9. The Morgan fingerprint density at radius 3 is 2.50 bits per heavy atom. The van der Waals surface area contributed by atoms with E-state index in [0.29, 0.717) is 31.7 Å². The van der Waals surface area contributed by atoms with Gasteiger partial charge in [0.15, 0.2) is 0 Å². The lowest BCUT2D eigenvalue weighted by atomic mass is 10.0. The van der Waals surface area contributed by atoms with Crippen LogP contribution >= 0.6 is 12.4 Å². The van der Waals surface area contributed by atoms with Gasteiger partial charge in [0.05, 0.1) is 24.0 Å². The second kappa shape index (κ2) is 9.40. The molecule has 1 aromatic carbocycles. The maximum Gasteiger partial charge on any atom is 0.239 e. The molecular weight excluding hydrogens is 402 g/mol. The summed E-state index contributed by atoms with van der Waals surface area (Å²) in [6, 6.07) is 10.2. The van der Waals surface area contributed by atoms with Crippen molar-refractivity contribution in [1.29, 1.82) is 0 Å². The van der Waals surface area contributed by atoms with Gasteiger partial charge in [0.1, 0.15) is 5.82 Å². The Morgan fingerprint density at radius 1 is 1.25 bits per heavy atom. The largest absolute Gasteiger partial charge is 0.341 e. The van der Waals surface area contributed by atoms with Crippen molar-refractivity contribution in [1.82, 2.24) is 14.7 Å². The van der Waals surface area contributed by atoms with Crippen LogP contribution in [0.4, 0.5) is 5.82 Å². The zero-order chi connectivity index (χ0) is 19.4. The molecule has 1 amide bonds. The van der Waals surface area contributed by atoms with Crippen molar-refractivity contribution < 1.29 is 13.2 Å². The van der Waals surface area contributed by atoms with E-state index >= 15 is 0 Å². The van der Waals surface area contributed by atoms with Crippen molar-refractivity contribution in [3.8, 4) is 0 Å². The second-order valence-electron chi connectivity index (χ2n) is 6.85. The summed E-state index contributed by atoms with van der Waals surface area (Å²) in [6.07, 6.45) is 2.99. The number of hydrogen-bond donors (Lipinski definition) is 2. The van der Waals surface area contributed by atoms with E-state index in [1.807, 2.05) is 18.2 Å². The number of piperidine rings is 1. The van der Waals surface area contributed by atoms with Crippen molar-refractivity contribution in [3.63, 3.8) is 0 Å². The van der Waals surface area contributed by atoms with Crippen LogP contribution in [-0.2, 0) is 20.6 Å². The highest BCUT2D eigenvalue weighted by Crippen LogP contribution is 2.26. The molecule has 1 aliphatic rings. The Balaban J connectivity index is 0.00000280. The van der Waals surface area contributed by atoms with Crippen molar-refractivity contribution >= 4 is 34.2 Å². The number of carbonyl (C=O) groups is 1. The van der Waals surface area contributed by atoms with Gasteiger partial charge in [-0.1, -0.05) is 30.3 Å². The number of anilines is 1. The predicted molar refractivity (Wildman–Crippen MR) is 111 cm³/mol. The summed E-state index contributed by atoms with van der Waals surface area (Å²) in [5, 5.41) is 4.30. The summed E-state index contributed by atoms with van der Waals surface area (Å²) in [6.45, 7) is 2.85. The third-order valence-corrected chi connectivity index (χ3v) is 5.87. The molecule has 154 valence electrons. The Bertz CT molecular complexity index is 878. The summed E-state index contributed by atoms with van der Waals surface area (Å²) in [7, 11) is -3.55. The molecule has 0 spiro atoms. The lowest BCUT2D eigenvalue weighted by molar-refractivity contribution is -0.133. The quantitative estimate of drug-likeness (QED) is 0.729. The number of halogens is 1. The minimum absolute atomic E-state index is 0. The average molecular weight is 428 g/mol. The van der Waals surface area contributed by atoms with E-state index in [2.05, 4.69) is 9.82 Å². The third-order valence-electron chi connectivity index (χ3n) is 4.64. The lowest BCUT2D eigenvalue weighted by Gasteiger charge is -2.33. The molecule has 0 unspecified atom stereocenters. The zero-order valence-corrected chi connectivity index (χ0v) is 17.3. The summed E-state index contributed by atoms with van der Waals surface area (Å²) in [4.78, 5) is 13.8. The molecule has 0 radical (unpaired) electrons. The van der Waals surface area contributed by atoms with E-state index in [1.54, 1.807) is 40.9 Å². The molecule has 2 heterocycles. The van der Waals surface area contributed by atoms with Crippen LogP contribution in [0.1, 0.15) is 31.4 Å². The normalized spacial score (nSPS) is 16.3. The zero-order valence-electron chi connectivity index (χ0n) is 15.7. The number of nitrogens with one attached hydrogen (secondary N) is 1. The molecule has 8 nitrogen and oxygen atoms in total. The molecule has 1 atom stereocenters. The molecule has 0 aliphatic carbocycles. The van der Waals surface area contributed by atoms with Crippen LogP contribution in [0.3, 0.4) is 0 Å². The van der Waals surface area contributed by atoms with Crippen LogP contribution in [0.5, 0.6) is 0 Å². The minimum Gasteiger partial charge on any atom is -0.341 e. The molecule has 10 heteroatoms. The Labute approximate surface area is 171 Å². The fourth-order valence-corrected chi connectivity index (χ4v) is 4.48. The smallest absolute Gasteiger partial charge is 0.239 e. The highest BCUT2D eigenvalue weighted by Gasteiger charge is 2.27. The molecule has 1 aliphatic heterocycles. The Hall–Kier alpha value is -2.10. The molecule has 28 heavy (non-hydrogen) atoms. The summed E-state index contributed by atoms with van der Waals surface area (Å²) in [5.41, 5.74) is 6.39. The number of benzene rings is 1. The van der Waals surface area contributed by atoms with Gasteiger partial charge in [-0.15, -0.1) is 12.4 Å². The van der Waals surface area contributed by atoms with Crippen LogP contribution in [0.15, 0.2) is 42.6 Å². The lowest BCUT2D eigenvalue weighted by Crippen LogP contribution is -2.46. The van der Waals surface area contributed by atoms with Crippen LogP contribution < -0.4 is 10.5 Å². The van der Waals surface area contributed by atoms with Gasteiger partial charge in [0.25, 0.3) is 0 Å². The Morgan fingerprint density at radius 2 is 1.89 bits per heavy atom. The van der Waals surface area contributed by atoms with Crippen molar-refractivity contribution in [2.24, 2.45) is 5.73 Å². The van der Waals surface area contributed by atoms with E-state index in [0.717, 1.165) is 5.56 Å². The van der Waals surface area contributed by atoms with Crippen molar-refractivity contribution in [2.45, 2.75) is 37.6 Å². The fourth-order valence-electron chi connectivity index (χ4n) is 3.29. The van der Waals surface area contributed by atoms with E-state index in [9.17, 15) is 13.2 Å². The van der Waals surface area contributed by atoms with E-state index in [-0.39, 0.29) is 30.1 Å². The number of likely N-dealkylation sites (tertiary alicyclic amines) is 1. The van der Waals surface area contributed by atoms with Gasteiger partial charge in [0, 0.05) is 19.2 Å². The number of rotatable bonds is 6. The van der Waals surface area contributed by atoms with Crippen LogP contribution in [0.2, 0.25) is 0 Å². The molecule has 1 saturated heterocycles. The van der Waals surface area contributed by atoms with Crippen LogP contribution in [-0.4, -0.2) is 48.1 Å². The maximum atomic E-state index is 12.5. The number of carbonyl (C=O) groups excluding carboxylic acids is 1. The van der Waals surface area contributed by atoms with E-state index in [4.69, 9.17) is 5.73 Å². The molecule has 1 fully saturated rings. The highest BCUT2D eigenvalue weighted by atomic mass is 35.5. The fraction of sp³-hybridized carbons (Fsp3) is 0.444. The minimum atomic E-state index is -3.55. The topological polar surface area (TPSA) is 110 Å². The Kier molecular flexibility index (Phi) is 7.45. The SMILES string of the molecule is C[C@@H](N)C(=O)N1CCC(n2nccc2NS(=O)(=O)Cc2ccccc2)CC1.Cl. The van der Waals surface area contributed by atoms with Crippen molar-refractivity contribution in [3.05, 3.63) is 48.2 Å². The van der Waals surface area contributed by atoms with Gasteiger partial charge in [-0.2, -0.15) is 5.10 Å². The molecular formula is C18H26ClN5O3S. The number of aromatic nitrogens is 2. The summed E-state index contributed by atoms with van der Waals surface area (Å²) >= 11 is 0. The molecule has 3 rings (SSSR count). The number of amides is 1. The van der Waals surface area contributed by atoms with E-state index in [1.165, 1.54) is 0 Å². The number of sulfonamides is 1. The maximum absolute atomic E-state index is 12.5. The predicted octanol–water partition coefficient (Wildman–Crippen LogP) is 1.76. The van der Waals surface area contributed by atoms with Crippen LogP contribution in [0.25, 0.3) is 0 Å². The molecule has 2 aromatic rings. The van der Waals surface area contributed by atoms with Gasteiger partial charge in [-0.25, -0.2) is 13.1 Å². The van der Waals surface area contributed by atoms with Gasteiger partial charge < -0.3 is 10.6 Å². The summed E-state index contributed by atoms with van der Waals surface area (Å²) in [5.74, 6) is 0.293. The van der Waals surface area contributed by atoms with Crippen molar-refractivity contribution in [2.75, 3.05) is 17.8 Å². The monoisotopic (exact) mass is 427 g/mol.